The first kappa shape index (κ1) is 21.3. The zero-order valence-electron chi connectivity index (χ0n) is 15.2. The standard InChI is InChI=1S/C20H20BrClO5/c1-12(2)11-25-20(24)14-4-7-16(8-5-14)27-19(23)13(3)26-18-9-6-15(22)10-17(18)21/h4-10,12-13H,11H2,1-3H3. The summed E-state index contributed by atoms with van der Waals surface area (Å²) >= 11 is 9.21. The van der Waals surface area contributed by atoms with Gasteiger partial charge in [0.15, 0.2) is 6.10 Å². The maximum Gasteiger partial charge on any atom is 0.352 e. The highest BCUT2D eigenvalue weighted by Crippen LogP contribution is 2.29. The molecule has 27 heavy (non-hydrogen) atoms. The van der Waals surface area contributed by atoms with Gasteiger partial charge < -0.3 is 14.2 Å². The summed E-state index contributed by atoms with van der Waals surface area (Å²) < 4.78 is 16.7. The lowest BCUT2D eigenvalue weighted by atomic mass is 10.2. The van der Waals surface area contributed by atoms with Gasteiger partial charge in [-0.15, -0.1) is 0 Å². The topological polar surface area (TPSA) is 61.8 Å². The number of hydrogen-bond donors (Lipinski definition) is 0. The molecule has 2 aromatic rings. The number of rotatable bonds is 7. The van der Waals surface area contributed by atoms with Gasteiger partial charge in [0.2, 0.25) is 0 Å². The predicted molar refractivity (Wildman–Crippen MR) is 106 cm³/mol. The van der Waals surface area contributed by atoms with Gasteiger partial charge in [0, 0.05) is 5.02 Å². The minimum atomic E-state index is -0.835. The van der Waals surface area contributed by atoms with Crippen LogP contribution in [0.2, 0.25) is 5.02 Å². The molecule has 1 unspecified atom stereocenters. The first-order valence-electron chi connectivity index (χ1n) is 8.37. The summed E-state index contributed by atoms with van der Waals surface area (Å²) in [5.74, 6) is 0.0762. The normalized spacial score (nSPS) is 11.8. The van der Waals surface area contributed by atoms with Crippen LogP contribution in [0.1, 0.15) is 31.1 Å². The van der Waals surface area contributed by atoms with Crippen molar-refractivity contribution in [3.8, 4) is 11.5 Å². The van der Waals surface area contributed by atoms with Gasteiger partial charge in [-0.1, -0.05) is 25.4 Å². The summed E-state index contributed by atoms with van der Waals surface area (Å²) in [6.45, 7) is 5.86. The Bertz CT molecular complexity index is 805. The molecule has 144 valence electrons. The maximum atomic E-state index is 12.2. The first-order valence-corrected chi connectivity index (χ1v) is 9.54. The minimum Gasteiger partial charge on any atom is -0.478 e. The van der Waals surface area contributed by atoms with Gasteiger partial charge >= 0.3 is 11.9 Å². The summed E-state index contributed by atoms with van der Waals surface area (Å²) in [4.78, 5) is 24.1. The molecule has 0 saturated carbocycles. The molecule has 2 aromatic carbocycles. The van der Waals surface area contributed by atoms with Crippen molar-refractivity contribution in [1.29, 1.82) is 0 Å². The van der Waals surface area contributed by atoms with Crippen LogP contribution < -0.4 is 9.47 Å². The second-order valence-electron chi connectivity index (χ2n) is 6.27. The lowest BCUT2D eigenvalue weighted by molar-refractivity contribution is -0.141. The molecule has 1 atom stereocenters. The largest absolute Gasteiger partial charge is 0.478 e. The fraction of sp³-hybridized carbons (Fsp3) is 0.300. The van der Waals surface area contributed by atoms with Crippen molar-refractivity contribution in [3.63, 3.8) is 0 Å². The molecule has 0 bridgehead atoms. The molecule has 0 saturated heterocycles. The van der Waals surface area contributed by atoms with Crippen molar-refractivity contribution in [3.05, 3.63) is 57.5 Å². The minimum absolute atomic E-state index is 0.261. The average molecular weight is 456 g/mol. The molecule has 0 amide bonds. The lowest BCUT2D eigenvalue weighted by Gasteiger charge is -2.15. The second kappa shape index (κ2) is 9.76. The van der Waals surface area contributed by atoms with E-state index in [4.69, 9.17) is 25.8 Å². The molecular formula is C20H20BrClO5. The molecule has 0 aliphatic heterocycles. The van der Waals surface area contributed by atoms with Gasteiger partial charge in [-0.25, -0.2) is 9.59 Å². The van der Waals surface area contributed by atoms with Gasteiger partial charge in [-0.05, 0) is 71.2 Å². The molecule has 0 radical (unpaired) electrons. The highest BCUT2D eigenvalue weighted by atomic mass is 79.9. The quantitative estimate of drug-likeness (QED) is 0.419. The van der Waals surface area contributed by atoms with Crippen molar-refractivity contribution in [2.24, 2.45) is 5.92 Å². The van der Waals surface area contributed by atoms with Crippen LogP contribution in [0, 0.1) is 5.92 Å². The summed E-state index contributed by atoms with van der Waals surface area (Å²) in [5, 5.41) is 0.552. The van der Waals surface area contributed by atoms with Crippen LogP contribution in [0.25, 0.3) is 0 Å². The lowest BCUT2D eigenvalue weighted by Crippen LogP contribution is -2.28. The highest BCUT2D eigenvalue weighted by Gasteiger charge is 2.19. The molecule has 0 aromatic heterocycles. The van der Waals surface area contributed by atoms with Crippen LogP contribution in [0.5, 0.6) is 11.5 Å². The van der Waals surface area contributed by atoms with E-state index >= 15 is 0 Å². The summed E-state index contributed by atoms with van der Waals surface area (Å²) in [6, 6.07) is 11.2. The van der Waals surface area contributed by atoms with E-state index in [2.05, 4.69) is 15.9 Å². The molecule has 0 aliphatic carbocycles. The Hall–Kier alpha value is -2.05. The Morgan fingerprint density at radius 2 is 1.74 bits per heavy atom. The van der Waals surface area contributed by atoms with E-state index in [1.165, 1.54) is 12.1 Å². The van der Waals surface area contributed by atoms with E-state index in [9.17, 15) is 9.59 Å². The van der Waals surface area contributed by atoms with Gasteiger partial charge in [-0.2, -0.15) is 0 Å². The molecule has 2 rings (SSSR count). The van der Waals surface area contributed by atoms with Crippen molar-refractivity contribution in [1.82, 2.24) is 0 Å². The van der Waals surface area contributed by atoms with Crippen LogP contribution in [0.3, 0.4) is 0 Å². The molecule has 7 heteroatoms. The number of carbonyl (C=O) groups excluding carboxylic acids is 2. The smallest absolute Gasteiger partial charge is 0.352 e. The van der Waals surface area contributed by atoms with E-state index < -0.39 is 18.0 Å². The van der Waals surface area contributed by atoms with E-state index in [0.717, 1.165) is 0 Å². The van der Waals surface area contributed by atoms with Crippen molar-refractivity contribution in [2.75, 3.05) is 6.61 Å². The van der Waals surface area contributed by atoms with Gasteiger partial charge in [0.25, 0.3) is 0 Å². The van der Waals surface area contributed by atoms with E-state index in [1.807, 2.05) is 13.8 Å². The van der Waals surface area contributed by atoms with Crippen LogP contribution in [-0.2, 0) is 9.53 Å². The van der Waals surface area contributed by atoms with Crippen molar-refractivity contribution in [2.45, 2.75) is 26.9 Å². The van der Waals surface area contributed by atoms with E-state index in [1.54, 1.807) is 37.3 Å². The average Bonchev–Trinajstić information content (AvgIpc) is 2.62. The Kier molecular flexibility index (Phi) is 7.68. The third kappa shape index (κ3) is 6.56. The Morgan fingerprint density at radius 3 is 2.33 bits per heavy atom. The fourth-order valence-electron chi connectivity index (χ4n) is 1.99. The van der Waals surface area contributed by atoms with E-state index in [0.29, 0.717) is 33.2 Å². The molecule has 0 heterocycles. The molecule has 5 nitrogen and oxygen atoms in total. The van der Waals surface area contributed by atoms with Crippen LogP contribution in [0.15, 0.2) is 46.9 Å². The predicted octanol–water partition coefficient (Wildman–Crippen LogP) is 5.29. The fourth-order valence-corrected chi connectivity index (χ4v) is 2.77. The van der Waals surface area contributed by atoms with Crippen molar-refractivity contribution < 1.29 is 23.8 Å². The number of hydrogen-bond acceptors (Lipinski definition) is 5. The SMILES string of the molecule is CC(C)COC(=O)c1ccc(OC(=O)C(C)Oc2ccc(Cl)cc2Br)cc1. The van der Waals surface area contributed by atoms with E-state index in [-0.39, 0.29) is 5.92 Å². The highest BCUT2D eigenvalue weighted by molar-refractivity contribution is 9.10. The van der Waals surface area contributed by atoms with Crippen LogP contribution in [0.4, 0.5) is 0 Å². The number of halogens is 2. The summed E-state index contributed by atoms with van der Waals surface area (Å²) in [5.41, 5.74) is 0.393. The Morgan fingerprint density at radius 1 is 1.07 bits per heavy atom. The zero-order valence-corrected chi connectivity index (χ0v) is 17.5. The maximum absolute atomic E-state index is 12.2. The Balaban J connectivity index is 1.93. The van der Waals surface area contributed by atoms with Gasteiger partial charge in [0.1, 0.15) is 11.5 Å². The Labute approximate surface area is 171 Å². The van der Waals surface area contributed by atoms with Gasteiger partial charge in [0.05, 0.1) is 16.6 Å². The third-order valence-corrected chi connectivity index (χ3v) is 4.24. The number of ether oxygens (including phenoxy) is 3. The monoisotopic (exact) mass is 454 g/mol. The number of carbonyl (C=O) groups is 2. The first-order chi connectivity index (χ1) is 12.8. The van der Waals surface area contributed by atoms with Gasteiger partial charge in [-0.3, -0.25) is 0 Å². The summed E-state index contributed by atoms with van der Waals surface area (Å²) in [6.07, 6.45) is -0.835. The third-order valence-electron chi connectivity index (χ3n) is 3.39. The van der Waals surface area contributed by atoms with Crippen molar-refractivity contribution >= 4 is 39.5 Å². The molecule has 0 aliphatic rings. The van der Waals surface area contributed by atoms with Crippen LogP contribution in [-0.4, -0.2) is 24.6 Å². The molecule has 0 spiro atoms. The number of benzene rings is 2. The molecular weight excluding hydrogens is 436 g/mol. The zero-order chi connectivity index (χ0) is 20.0. The molecule has 0 N–H and O–H groups in total. The number of esters is 2. The second-order valence-corrected chi connectivity index (χ2v) is 7.56. The summed E-state index contributed by atoms with van der Waals surface area (Å²) in [7, 11) is 0. The van der Waals surface area contributed by atoms with Crippen LogP contribution >= 0.6 is 27.5 Å². The molecule has 0 fully saturated rings.